The molecule has 0 N–H and O–H groups in total. The Morgan fingerprint density at radius 3 is 2.59 bits per heavy atom. The van der Waals surface area contributed by atoms with Crippen LogP contribution in [0, 0.1) is 0 Å². The van der Waals surface area contributed by atoms with Crippen LogP contribution in [-0.4, -0.2) is 77.5 Å². The Labute approximate surface area is 169 Å². The fourth-order valence-electron chi connectivity index (χ4n) is 3.78. The van der Waals surface area contributed by atoms with Gasteiger partial charge in [0.15, 0.2) is 17.3 Å². The molecule has 154 valence electrons. The summed E-state index contributed by atoms with van der Waals surface area (Å²) in [6, 6.07) is 9.54. The molecule has 1 aromatic carbocycles. The van der Waals surface area contributed by atoms with Crippen LogP contribution in [-0.2, 0) is 6.54 Å². The number of aromatic nitrogens is 4. The van der Waals surface area contributed by atoms with Crippen molar-refractivity contribution in [2.45, 2.75) is 12.6 Å². The summed E-state index contributed by atoms with van der Waals surface area (Å²) in [5.74, 6) is 2.94. The molecule has 1 aliphatic rings. The fraction of sp³-hybridized carbons (Fsp3) is 0.450. The van der Waals surface area contributed by atoms with E-state index < -0.39 is 0 Å². The van der Waals surface area contributed by atoms with Crippen LogP contribution in [0.5, 0.6) is 11.5 Å². The van der Waals surface area contributed by atoms with Crippen LogP contribution in [0.3, 0.4) is 0 Å². The Hall–Kier alpha value is -2.91. The Balaban J connectivity index is 1.78. The molecule has 1 aliphatic heterocycles. The van der Waals surface area contributed by atoms with Gasteiger partial charge in [-0.15, -0.1) is 5.10 Å². The molecule has 1 fully saturated rings. The second-order valence-corrected chi connectivity index (χ2v) is 7.10. The van der Waals surface area contributed by atoms with Crippen LogP contribution in [0.25, 0.3) is 0 Å². The van der Waals surface area contributed by atoms with E-state index in [-0.39, 0.29) is 6.04 Å². The third-order valence-electron chi connectivity index (χ3n) is 5.32. The number of para-hydroxylation sites is 1. The maximum atomic E-state index is 5.75. The van der Waals surface area contributed by atoms with Crippen molar-refractivity contribution < 1.29 is 13.9 Å². The van der Waals surface area contributed by atoms with Gasteiger partial charge < -0.3 is 18.8 Å². The lowest BCUT2D eigenvalue weighted by atomic mass is 10.0. The van der Waals surface area contributed by atoms with Gasteiger partial charge in [0.2, 0.25) is 0 Å². The summed E-state index contributed by atoms with van der Waals surface area (Å²) >= 11 is 0. The van der Waals surface area contributed by atoms with Crippen molar-refractivity contribution >= 4 is 0 Å². The minimum atomic E-state index is -0.168. The molecule has 0 radical (unpaired) electrons. The van der Waals surface area contributed by atoms with Gasteiger partial charge in [0.1, 0.15) is 18.3 Å². The number of nitrogens with zero attached hydrogens (tertiary/aromatic N) is 6. The molecule has 2 aromatic heterocycles. The van der Waals surface area contributed by atoms with Gasteiger partial charge >= 0.3 is 0 Å². The summed E-state index contributed by atoms with van der Waals surface area (Å²) in [7, 11) is 5.45. The zero-order valence-corrected chi connectivity index (χ0v) is 17.0. The minimum Gasteiger partial charge on any atom is -0.493 e. The second-order valence-electron chi connectivity index (χ2n) is 7.10. The lowest BCUT2D eigenvalue weighted by molar-refractivity contribution is 0.120. The van der Waals surface area contributed by atoms with E-state index in [1.807, 2.05) is 24.3 Å². The van der Waals surface area contributed by atoms with Gasteiger partial charge in [-0.3, -0.25) is 4.90 Å². The Morgan fingerprint density at radius 2 is 1.90 bits per heavy atom. The third kappa shape index (κ3) is 3.96. The van der Waals surface area contributed by atoms with Gasteiger partial charge in [-0.25, -0.2) is 4.68 Å². The summed E-state index contributed by atoms with van der Waals surface area (Å²) < 4.78 is 18.6. The third-order valence-corrected chi connectivity index (χ3v) is 5.32. The van der Waals surface area contributed by atoms with Gasteiger partial charge in [0, 0.05) is 31.7 Å². The highest BCUT2D eigenvalue weighted by atomic mass is 16.5. The van der Waals surface area contributed by atoms with Crippen molar-refractivity contribution in [1.82, 2.24) is 30.0 Å². The molecule has 9 heteroatoms. The molecule has 0 unspecified atom stereocenters. The number of rotatable bonds is 7. The number of furan rings is 1. The number of likely N-dealkylation sites (N-methyl/N-ethyl adjacent to an activating group) is 1. The zero-order chi connectivity index (χ0) is 20.2. The summed E-state index contributed by atoms with van der Waals surface area (Å²) in [4.78, 5) is 4.71. The number of hydrogen-bond donors (Lipinski definition) is 0. The summed E-state index contributed by atoms with van der Waals surface area (Å²) in [6.45, 7) is 4.21. The van der Waals surface area contributed by atoms with Gasteiger partial charge in [0.05, 0.1) is 20.5 Å². The quantitative estimate of drug-likeness (QED) is 0.595. The molecule has 4 rings (SSSR count). The molecule has 3 aromatic rings. The van der Waals surface area contributed by atoms with E-state index in [9.17, 15) is 0 Å². The van der Waals surface area contributed by atoms with Crippen LogP contribution < -0.4 is 9.47 Å². The molecule has 9 nitrogen and oxygen atoms in total. The molecule has 0 aliphatic carbocycles. The highest BCUT2D eigenvalue weighted by Crippen LogP contribution is 2.39. The molecule has 0 spiro atoms. The molecule has 1 atom stereocenters. The van der Waals surface area contributed by atoms with Crippen LogP contribution in [0.2, 0.25) is 0 Å². The molecular formula is C20H26N6O3. The molecule has 0 saturated carbocycles. The zero-order valence-electron chi connectivity index (χ0n) is 17.0. The van der Waals surface area contributed by atoms with Crippen LogP contribution in [0.1, 0.15) is 23.2 Å². The summed E-state index contributed by atoms with van der Waals surface area (Å²) in [5.41, 5.74) is 0.979. The van der Waals surface area contributed by atoms with Crippen molar-refractivity contribution in [3.8, 4) is 11.5 Å². The molecule has 1 saturated heterocycles. The van der Waals surface area contributed by atoms with E-state index in [0.717, 1.165) is 43.3 Å². The first-order valence-electron chi connectivity index (χ1n) is 9.63. The smallest absolute Gasteiger partial charge is 0.173 e. The molecule has 29 heavy (non-hydrogen) atoms. The molecule has 0 amide bonds. The highest BCUT2D eigenvalue weighted by molar-refractivity contribution is 5.49. The van der Waals surface area contributed by atoms with Crippen LogP contribution in [0.15, 0.2) is 41.0 Å². The Bertz CT molecular complexity index is 918. The van der Waals surface area contributed by atoms with Crippen LogP contribution in [0.4, 0.5) is 0 Å². The predicted octanol–water partition coefficient (Wildman–Crippen LogP) is 1.67. The first kappa shape index (κ1) is 19.4. The SMILES string of the molecule is COc1cccc([C@H](c2nnnn2Cc2ccco2)N2CCN(C)CC2)c1OC. The maximum absolute atomic E-state index is 5.75. The summed E-state index contributed by atoms with van der Waals surface area (Å²) in [6.07, 6.45) is 1.66. The van der Waals surface area contributed by atoms with Crippen molar-refractivity contribution in [2.24, 2.45) is 0 Å². The maximum Gasteiger partial charge on any atom is 0.173 e. The van der Waals surface area contributed by atoms with E-state index in [4.69, 9.17) is 13.9 Å². The monoisotopic (exact) mass is 398 g/mol. The molecule has 3 heterocycles. The van der Waals surface area contributed by atoms with E-state index in [1.54, 1.807) is 25.2 Å². The van der Waals surface area contributed by atoms with Gasteiger partial charge in [-0.2, -0.15) is 0 Å². The molecule has 0 bridgehead atoms. The van der Waals surface area contributed by atoms with E-state index >= 15 is 0 Å². The number of tetrazole rings is 1. The van der Waals surface area contributed by atoms with Gasteiger partial charge in [-0.05, 0) is 35.7 Å². The standard InChI is InChI=1S/C20H26N6O3/c1-24-9-11-25(12-10-24)18(16-7-4-8-17(27-2)19(16)28-3)20-21-22-23-26(20)14-15-6-5-13-29-15/h4-8,13,18H,9-12,14H2,1-3H3/t18-/m1/s1. The number of ether oxygens (including phenoxy) is 2. The van der Waals surface area contributed by atoms with Crippen molar-refractivity contribution in [3.63, 3.8) is 0 Å². The average molecular weight is 398 g/mol. The Morgan fingerprint density at radius 1 is 1.07 bits per heavy atom. The normalized spacial score (nSPS) is 16.7. The van der Waals surface area contributed by atoms with Gasteiger partial charge in [0.25, 0.3) is 0 Å². The number of hydrogen-bond acceptors (Lipinski definition) is 8. The van der Waals surface area contributed by atoms with Crippen molar-refractivity contribution in [2.75, 3.05) is 47.4 Å². The van der Waals surface area contributed by atoms with Crippen molar-refractivity contribution in [3.05, 3.63) is 53.7 Å². The van der Waals surface area contributed by atoms with E-state index in [1.165, 1.54) is 0 Å². The lowest BCUT2D eigenvalue weighted by Gasteiger charge is -2.37. The highest BCUT2D eigenvalue weighted by Gasteiger charge is 2.33. The first-order chi connectivity index (χ1) is 14.2. The topological polar surface area (TPSA) is 81.7 Å². The number of piperazine rings is 1. The largest absolute Gasteiger partial charge is 0.493 e. The fourth-order valence-corrected chi connectivity index (χ4v) is 3.78. The van der Waals surface area contributed by atoms with Gasteiger partial charge in [-0.1, -0.05) is 12.1 Å². The number of benzene rings is 1. The van der Waals surface area contributed by atoms with E-state index in [2.05, 4.69) is 38.4 Å². The predicted molar refractivity (Wildman–Crippen MR) is 106 cm³/mol. The summed E-state index contributed by atoms with van der Waals surface area (Å²) in [5, 5.41) is 12.6. The first-order valence-corrected chi connectivity index (χ1v) is 9.63. The van der Waals surface area contributed by atoms with Crippen LogP contribution >= 0.6 is 0 Å². The number of methoxy groups -OCH3 is 2. The molecular weight excluding hydrogens is 372 g/mol. The Kier molecular flexibility index (Phi) is 5.77. The van der Waals surface area contributed by atoms with Crippen molar-refractivity contribution in [1.29, 1.82) is 0 Å². The van der Waals surface area contributed by atoms with E-state index in [0.29, 0.717) is 18.0 Å². The minimum absolute atomic E-state index is 0.168. The average Bonchev–Trinajstić information content (AvgIpc) is 3.42. The second kappa shape index (κ2) is 8.62. The lowest BCUT2D eigenvalue weighted by Crippen LogP contribution is -2.46.